The summed E-state index contributed by atoms with van der Waals surface area (Å²) in [6.07, 6.45) is 12.4. The highest BCUT2D eigenvalue weighted by atomic mass is 14.9. The van der Waals surface area contributed by atoms with Crippen LogP contribution in [0.4, 0.5) is 0 Å². The van der Waals surface area contributed by atoms with E-state index >= 15 is 0 Å². The molecule has 2 heterocycles. The molecule has 0 bridgehead atoms. The fourth-order valence-electron chi connectivity index (χ4n) is 1.44. The van der Waals surface area contributed by atoms with Gasteiger partial charge in [-0.25, -0.2) is 9.13 Å². The van der Waals surface area contributed by atoms with Gasteiger partial charge >= 0.3 is 0 Å². The lowest BCUT2D eigenvalue weighted by Crippen LogP contribution is -2.25. The molecule has 2 aromatic heterocycles. The van der Waals surface area contributed by atoms with Crippen molar-refractivity contribution in [3.8, 4) is 0 Å². The minimum Gasteiger partial charge on any atom is -0.208 e. The highest BCUT2D eigenvalue weighted by Crippen LogP contribution is 2.04. The Morgan fingerprint density at radius 2 is 1.00 bits per heavy atom. The fourth-order valence-corrected chi connectivity index (χ4v) is 1.44. The average molecular weight is 212 g/mol. The molecular formula is C14H16N2+2. The third-order valence-corrected chi connectivity index (χ3v) is 2.48. The second-order valence-corrected chi connectivity index (χ2v) is 3.93. The second-order valence-electron chi connectivity index (χ2n) is 3.93. The summed E-state index contributed by atoms with van der Waals surface area (Å²) >= 11 is 0. The summed E-state index contributed by atoms with van der Waals surface area (Å²) in [5.74, 6) is 0. The van der Waals surface area contributed by atoms with Crippen molar-refractivity contribution in [3.05, 3.63) is 60.2 Å². The quantitative estimate of drug-likeness (QED) is 0.667. The van der Waals surface area contributed by atoms with Gasteiger partial charge in [-0.3, -0.25) is 0 Å². The Balaban J connectivity index is 2.15. The summed E-state index contributed by atoms with van der Waals surface area (Å²) in [6, 6.07) is 8.39. The smallest absolute Gasteiger partial charge is 0.169 e. The van der Waals surface area contributed by atoms with Crippen LogP contribution in [-0.2, 0) is 14.1 Å². The van der Waals surface area contributed by atoms with Gasteiger partial charge in [-0.1, -0.05) is 12.2 Å². The lowest BCUT2D eigenvalue weighted by atomic mass is 10.2. The highest BCUT2D eigenvalue weighted by Gasteiger charge is 1.93. The van der Waals surface area contributed by atoms with Crippen molar-refractivity contribution < 1.29 is 9.13 Å². The summed E-state index contributed by atoms with van der Waals surface area (Å²) < 4.78 is 4.06. The number of rotatable bonds is 2. The van der Waals surface area contributed by atoms with Crippen molar-refractivity contribution in [1.82, 2.24) is 0 Å². The van der Waals surface area contributed by atoms with Crippen LogP contribution in [0, 0.1) is 0 Å². The van der Waals surface area contributed by atoms with Gasteiger partial charge in [0, 0.05) is 24.3 Å². The molecule has 0 saturated carbocycles. The monoisotopic (exact) mass is 212 g/mol. The van der Waals surface area contributed by atoms with Crippen LogP contribution < -0.4 is 9.13 Å². The molecule has 2 nitrogen and oxygen atoms in total. The van der Waals surface area contributed by atoms with E-state index < -0.39 is 0 Å². The van der Waals surface area contributed by atoms with Gasteiger partial charge in [0.15, 0.2) is 24.8 Å². The first-order valence-corrected chi connectivity index (χ1v) is 5.33. The van der Waals surface area contributed by atoms with E-state index in [0.29, 0.717) is 0 Å². The third-order valence-electron chi connectivity index (χ3n) is 2.48. The van der Waals surface area contributed by atoms with Crippen molar-refractivity contribution >= 4 is 12.2 Å². The molecule has 0 aromatic carbocycles. The molecule has 0 amide bonds. The van der Waals surface area contributed by atoms with Crippen molar-refractivity contribution in [2.75, 3.05) is 0 Å². The number of hydrogen-bond acceptors (Lipinski definition) is 0. The van der Waals surface area contributed by atoms with E-state index in [1.54, 1.807) is 0 Å². The van der Waals surface area contributed by atoms with Gasteiger partial charge in [0.05, 0.1) is 0 Å². The summed E-state index contributed by atoms with van der Waals surface area (Å²) in [7, 11) is 4.04. The lowest BCUT2D eigenvalue weighted by Gasteiger charge is -1.92. The molecule has 80 valence electrons. The molecule has 0 aliphatic carbocycles. The number of hydrogen-bond donors (Lipinski definition) is 0. The number of aromatic nitrogens is 2. The molecule has 2 aromatic rings. The highest BCUT2D eigenvalue weighted by molar-refractivity contribution is 5.68. The van der Waals surface area contributed by atoms with Crippen LogP contribution >= 0.6 is 0 Å². The zero-order chi connectivity index (χ0) is 11.4. The topological polar surface area (TPSA) is 7.76 Å². The van der Waals surface area contributed by atoms with Gasteiger partial charge in [0.25, 0.3) is 0 Å². The lowest BCUT2D eigenvalue weighted by molar-refractivity contribution is -0.671. The molecule has 0 aliphatic heterocycles. The molecule has 0 atom stereocenters. The molecule has 0 spiro atoms. The Labute approximate surface area is 96.1 Å². The maximum Gasteiger partial charge on any atom is 0.169 e. The Bertz CT molecular complexity index is 434. The van der Waals surface area contributed by atoms with Crippen molar-refractivity contribution in [2.45, 2.75) is 0 Å². The van der Waals surface area contributed by atoms with Gasteiger partial charge in [-0.2, -0.15) is 0 Å². The molecule has 0 fully saturated rings. The average Bonchev–Trinajstić information content (AvgIpc) is 2.30. The van der Waals surface area contributed by atoms with Crippen molar-refractivity contribution in [1.29, 1.82) is 0 Å². The molecule has 0 saturated heterocycles. The minimum absolute atomic E-state index is 1.21. The van der Waals surface area contributed by atoms with E-state index in [0.717, 1.165) is 0 Å². The summed E-state index contributed by atoms with van der Waals surface area (Å²) in [4.78, 5) is 0. The van der Waals surface area contributed by atoms with Crippen LogP contribution in [-0.4, -0.2) is 0 Å². The standard InChI is InChI=1S/C14H16N2/c1-15-9-5-13(6-10-15)3-4-14-7-11-16(2)12-8-14/h3-12H,1-2H3/q+2/b4-3+. The van der Waals surface area contributed by atoms with Crippen LogP contribution in [0.2, 0.25) is 0 Å². The zero-order valence-electron chi connectivity index (χ0n) is 9.67. The first kappa shape index (κ1) is 10.6. The first-order chi connectivity index (χ1) is 7.74. The summed E-state index contributed by atoms with van der Waals surface area (Å²) in [6.45, 7) is 0. The van der Waals surface area contributed by atoms with Crippen LogP contribution in [0.15, 0.2) is 49.1 Å². The molecule has 0 radical (unpaired) electrons. The van der Waals surface area contributed by atoms with Crippen LogP contribution in [0.3, 0.4) is 0 Å². The van der Waals surface area contributed by atoms with Crippen molar-refractivity contribution in [3.63, 3.8) is 0 Å². The van der Waals surface area contributed by atoms with Crippen LogP contribution in [0.5, 0.6) is 0 Å². The predicted octanol–water partition coefficient (Wildman–Crippen LogP) is 1.51. The van der Waals surface area contributed by atoms with Gasteiger partial charge in [0.1, 0.15) is 14.1 Å². The van der Waals surface area contributed by atoms with E-state index in [1.807, 2.05) is 48.0 Å². The number of pyridine rings is 2. The first-order valence-electron chi connectivity index (χ1n) is 5.33. The molecule has 0 N–H and O–H groups in total. The second kappa shape index (κ2) is 4.71. The molecule has 2 heteroatoms. The molecule has 0 unspecified atom stereocenters. The third kappa shape index (κ3) is 2.76. The largest absolute Gasteiger partial charge is 0.208 e. The Hall–Kier alpha value is -1.96. The zero-order valence-corrected chi connectivity index (χ0v) is 9.67. The van der Waals surface area contributed by atoms with Crippen molar-refractivity contribution in [2.24, 2.45) is 14.1 Å². The normalized spacial score (nSPS) is 10.9. The van der Waals surface area contributed by atoms with E-state index in [2.05, 4.69) is 36.4 Å². The Kier molecular flexibility index (Phi) is 3.10. The van der Waals surface area contributed by atoms with Gasteiger partial charge in [-0.05, 0) is 11.1 Å². The van der Waals surface area contributed by atoms with Gasteiger partial charge < -0.3 is 0 Å². The van der Waals surface area contributed by atoms with Crippen LogP contribution in [0.1, 0.15) is 11.1 Å². The maximum absolute atomic E-state index is 2.12. The molecule has 0 aliphatic rings. The van der Waals surface area contributed by atoms with E-state index in [-0.39, 0.29) is 0 Å². The van der Waals surface area contributed by atoms with E-state index in [4.69, 9.17) is 0 Å². The summed E-state index contributed by atoms with van der Waals surface area (Å²) in [5.41, 5.74) is 2.43. The van der Waals surface area contributed by atoms with E-state index in [9.17, 15) is 0 Å². The molecule has 16 heavy (non-hydrogen) atoms. The minimum atomic E-state index is 1.21. The molecule has 2 rings (SSSR count). The Morgan fingerprint density at radius 1 is 0.688 bits per heavy atom. The van der Waals surface area contributed by atoms with Crippen LogP contribution in [0.25, 0.3) is 12.2 Å². The van der Waals surface area contributed by atoms with Gasteiger partial charge in [-0.15, -0.1) is 0 Å². The van der Waals surface area contributed by atoms with Gasteiger partial charge in [0.2, 0.25) is 0 Å². The number of aryl methyl sites for hydroxylation is 2. The fraction of sp³-hybridized carbons (Fsp3) is 0.143. The maximum atomic E-state index is 2.12. The predicted molar refractivity (Wildman–Crippen MR) is 64.2 cm³/mol. The number of nitrogens with zero attached hydrogens (tertiary/aromatic N) is 2. The SMILES string of the molecule is C[n+]1ccc(/C=C/c2cc[n+](C)cc2)cc1. The van der Waals surface area contributed by atoms with E-state index in [1.165, 1.54) is 11.1 Å². The summed E-state index contributed by atoms with van der Waals surface area (Å²) in [5, 5.41) is 0. The molecular weight excluding hydrogens is 196 g/mol. The Morgan fingerprint density at radius 3 is 1.31 bits per heavy atom.